The topological polar surface area (TPSA) is 78.9 Å². The summed E-state index contributed by atoms with van der Waals surface area (Å²) in [6.45, 7) is 6.61. The Morgan fingerprint density at radius 2 is 0.594 bits per heavy atom. The molecule has 1 unspecified atom stereocenters. The first-order valence-corrected chi connectivity index (χ1v) is 28.0. The van der Waals surface area contributed by atoms with E-state index in [1.165, 1.54) is 199 Å². The van der Waals surface area contributed by atoms with Gasteiger partial charge in [0.2, 0.25) is 0 Å². The van der Waals surface area contributed by atoms with E-state index in [-0.39, 0.29) is 37.5 Å². The van der Waals surface area contributed by atoms with Crippen LogP contribution in [0.2, 0.25) is 0 Å². The highest BCUT2D eigenvalue weighted by Gasteiger charge is 2.19. The van der Waals surface area contributed by atoms with Crippen LogP contribution in [0.3, 0.4) is 0 Å². The maximum Gasteiger partial charge on any atom is 0.306 e. The first-order valence-electron chi connectivity index (χ1n) is 28.0. The van der Waals surface area contributed by atoms with Crippen LogP contribution >= 0.6 is 0 Å². The van der Waals surface area contributed by atoms with Gasteiger partial charge in [0.1, 0.15) is 13.2 Å². The maximum absolute atomic E-state index is 12.8. The van der Waals surface area contributed by atoms with Crippen molar-refractivity contribution in [3.8, 4) is 0 Å². The van der Waals surface area contributed by atoms with Gasteiger partial charge in [0, 0.05) is 19.3 Å². The molecule has 0 N–H and O–H groups in total. The van der Waals surface area contributed by atoms with Crippen LogP contribution < -0.4 is 0 Å². The third kappa shape index (κ3) is 50.6. The average Bonchev–Trinajstić information content (AvgIpc) is 3.29. The molecular weight excluding hydrogens is 793 g/mol. The quantitative estimate of drug-likeness (QED) is 0.0262. The standard InChI is InChI=1S/C58H106O6/c1-4-7-10-13-16-19-22-25-27-29-31-33-36-39-42-45-48-51-57(60)63-54-55(53-62-56(59)50-47-44-41-38-35-32-24-21-18-15-12-9-6-3)64-58(61)52-49-46-43-40-37-34-30-28-26-23-20-17-14-11-8-5-2/h25,27,32,35,41,44,55H,4-24,26,28-31,33-34,36-40,42-43,45-54H2,1-3H3/b27-25-,35-32-,44-41-. The molecule has 0 aliphatic carbocycles. The number of rotatable bonds is 51. The summed E-state index contributed by atoms with van der Waals surface area (Å²) in [5, 5.41) is 0. The minimum Gasteiger partial charge on any atom is -0.462 e. The van der Waals surface area contributed by atoms with Gasteiger partial charge in [0.25, 0.3) is 0 Å². The molecule has 0 saturated carbocycles. The molecule has 0 aromatic rings. The molecule has 0 rings (SSSR count). The zero-order valence-electron chi connectivity index (χ0n) is 42.8. The zero-order chi connectivity index (χ0) is 46.5. The fraction of sp³-hybridized carbons (Fsp3) is 0.845. The average molecular weight is 899 g/mol. The van der Waals surface area contributed by atoms with Crippen molar-refractivity contribution in [1.82, 2.24) is 0 Å². The Kier molecular flexibility index (Phi) is 51.3. The summed E-state index contributed by atoms with van der Waals surface area (Å²) in [6.07, 6.45) is 62.9. The van der Waals surface area contributed by atoms with E-state index in [1.807, 2.05) is 6.08 Å². The lowest BCUT2D eigenvalue weighted by molar-refractivity contribution is -0.166. The summed E-state index contributed by atoms with van der Waals surface area (Å²) >= 11 is 0. The van der Waals surface area contributed by atoms with E-state index >= 15 is 0 Å². The van der Waals surface area contributed by atoms with Crippen LogP contribution in [0.15, 0.2) is 36.5 Å². The summed E-state index contributed by atoms with van der Waals surface area (Å²) in [6, 6.07) is 0. The number of esters is 3. The van der Waals surface area contributed by atoms with E-state index in [4.69, 9.17) is 14.2 Å². The fourth-order valence-corrected chi connectivity index (χ4v) is 8.14. The summed E-state index contributed by atoms with van der Waals surface area (Å²) in [7, 11) is 0. The lowest BCUT2D eigenvalue weighted by Gasteiger charge is -2.18. The molecule has 374 valence electrons. The van der Waals surface area contributed by atoms with Crippen LogP contribution in [0.25, 0.3) is 0 Å². The molecule has 0 spiro atoms. The maximum atomic E-state index is 12.8. The van der Waals surface area contributed by atoms with E-state index in [0.717, 1.165) is 51.4 Å². The lowest BCUT2D eigenvalue weighted by Crippen LogP contribution is -2.30. The second kappa shape index (κ2) is 53.2. The van der Waals surface area contributed by atoms with Crippen molar-refractivity contribution in [3.63, 3.8) is 0 Å². The molecule has 0 aliphatic rings. The fourth-order valence-electron chi connectivity index (χ4n) is 8.14. The van der Waals surface area contributed by atoms with Crippen molar-refractivity contribution in [2.24, 2.45) is 0 Å². The second-order valence-corrected chi connectivity index (χ2v) is 18.8. The molecular formula is C58H106O6. The highest BCUT2D eigenvalue weighted by molar-refractivity contribution is 5.71. The minimum absolute atomic E-state index is 0.0881. The van der Waals surface area contributed by atoms with Crippen LogP contribution in [-0.2, 0) is 28.6 Å². The van der Waals surface area contributed by atoms with Gasteiger partial charge in [-0.1, -0.05) is 250 Å². The minimum atomic E-state index is -0.792. The molecule has 0 aliphatic heterocycles. The number of hydrogen-bond acceptors (Lipinski definition) is 6. The monoisotopic (exact) mass is 899 g/mol. The predicted octanol–water partition coefficient (Wildman–Crippen LogP) is 18.5. The Morgan fingerprint density at radius 3 is 0.969 bits per heavy atom. The molecule has 0 heterocycles. The Morgan fingerprint density at radius 1 is 0.312 bits per heavy atom. The number of ether oxygens (including phenoxy) is 3. The van der Waals surface area contributed by atoms with Gasteiger partial charge in [-0.25, -0.2) is 0 Å². The van der Waals surface area contributed by atoms with Gasteiger partial charge in [-0.05, 0) is 64.2 Å². The second-order valence-electron chi connectivity index (χ2n) is 18.8. The van der Waals surface area contributed by atoms with Gasteiger partial charge in [-0.15, -0.1) is 0 Å². The molecule has 0 saturated heterocycles. The number of carbonyl (C=O) groups is 3. The van der Waals surface area contributed by atoms with E-state index in [1.54, 1.807) is 0 Å². The first kappa shape index (κ1) is 61.6. The van der Waals surface area contributed by atoms with Crippen LogP contribution in [0.1, 0.15) is 297 Å². The van der Waals surface area contributed by atoms with Gasteiger partial charge in [0.05, 0.1) is 0 Å². The third-order valence-electron chi connectivity index (χ3n) is 12.4. The van der Waals surface area contributed by atoms with Crippen LogP contribution in [-0.4, -0.2) is 37.2 Å². The van der Waals surface area contributed by atoms with Crippen molar-refractivity contribution in [2.45, 2.75) is 303 Å². The normalized spacial score (nSPS) is 12.2. The molecule has 1 atom stereocenters. The molecule has 6 nitrogen and oxygen atoms in total. The Bertz CT molecular complexity index is 1080. The van der Waals surface area contributed by atoms with E-state index < -0.39 is 6.10 Å². The Balaban J connectivity index is 4.39. The molecule has 0 amide bonds. The zero-order valence-corrected chi connectivity index (χ0v) is 42.8. The van der Waals surface area contributed by atoms with Crippen molar-refractivity contribution in [1.29, 1.82) is 0 Å². The SMILES string of the molecule is CCCCCCCC/C=C\C/C=C\CCC(=O)OCC(COC(=O)CCCCCCCCC/C=C\CCCCCCCC)OC(=O)CCCCCCCCCCCCCCCCCC. The van der Waals surface area contributed by atoms with Gasteiger partial charge in [0.15, 0.2) is 6.10 Å². The highest BCUT2D eigenvalue weighted by Crippen LogP contribution is 2.16. The van der Waals surface area contributed by atoms with Gasteiger partial charge in [-0.2, -0.15) is 0 Å². The Hall–Kier alpha value is -2.37. The summed E-state index contributed by atoms with van der Waals surface area (Å²) in [5.74, 6) is -0.948. The van der Waals surface area contributed by atoms with Crippen molar-refractivity contribution < 1.29 is 28.6 Å². The van der Waals surface area contributed by atoms with Crippen LogP contribution in [0.5, 0.6) is 0 Å². The van der Waals surface area contributed by atoms with E-state index in [0.29, 0.717) is 19.3 Å². The van der Waals surface area contributed by atoms with Gasteiger partial charge >= 0.3 is 17.9 Å². The summed E-state index contributed by atoms with van der Waals surface area (Å²) < 4.78 is 16.8. The lowest BCUT2D eigenvalue weighted by atomic mass is 10.0. The first-order chi connectivity index (χ1) is 31.5. The molecule has 0 radical (unpaired) electrons. The van der Waals surface area contributed by atoms with Crippen molar-refractivity contribution in [3.05, 3.63) is 36.5 Å². The van der Waals surface area contributed by atoms with Gasteiger partial charge in [-0.3, -0.25) is 14.4 Å². The van der Waals surface area contributed by atoms with E-state index in [9.17, 15) is 14.4 Å². The number of unbranched alkanes of at least 4 members (excludes halogenated alkanes) is 34. The van der Waals surface area contributed by atoms with Crippen LogP contribution in [0.4, 0.5) is 0 Å². The van der Waals surface area contributed by atoms with Crippen molar-refractivity contribution >= 4 is 17.9 Å². The number of carbonyl (C=O) groups excluding carboxylic acids is 3. The molecule has 64 heavy (non-hydrogen) atoms. The van der Waals surface area contributed by atoms with Gasteiger partial charge < -0.3 is 14.2 Å². The Labute approximate surface area is 397 Å². The largest absolute Gasteiger partial charge is 0.462 e. The van der Waals surface area contributed by atoms with Crippen LogP contribution in [0, 0.1) is 0 Å². The molecule has 0 fully saturated rings. The van der Waals surface area contributed by atoms with E-state index in [2.05, 4.69) is 51.2 Å². The smallest absolute Gasteiger partial charge is 0.306 e. The predicted molar refractivity (Wildman–Crippen MR) is 275 cm³/mol. The molecule has 0 aromatic carbocycles. The number of allylic oxidation sites excluding steroid dienone is 6. The molecule has 0 aromatic heterocycles. The third-order valence-corrected chi connectivity index (χ3v) is 12.4. The highest BCUT2D eigenvalue weighted by atomic mass is 16.6. The molecule has 6 heteroatoms. The summed E-state index contributed by atoms with van der Waals surface area (Å²) in [5.41, 5.74) is 0. The molecule has 0 bridgehead atoms. The summed E-state index contributed by atoms with van der Waals surface area (Å²) in [4.78, 5) is 38.0. The number of hydrogen-bond donors (Lipinski definition) is 0. The van der Waals surface area contributed by atoms with Crippen molar-refractivity contribution in [2.75, 3.05) is 13.2 Å².